The highest BCUT2D eigenvalue weighted by molar-refractivity contribution is 9.10. The molecule has 0 saturated carbocycles. The zero-order valence-corrected chi connectivity index (χ0v) is 10.0. The van der Waals surface area contributed by atoms with Crippen LogP contribution in [-0.2, 0) is 0 Å². The van der Waals surface area contributed by atoms with Crippen LogP contribution in [0, 0.1) is 0 Å². The summed E-state index contributed by atoms with van der Waals surface area (Å²) in [5.74, 6) is 1.57. The van der Waals surface area contributed by atoms with E-state index in [-0.39, 0.29) is 0 Å². The fourth-order valence-electron chi connectivity index (χ4n) is 1.46. The lowest BCUT2D eigenvalue weighted by Crippen LogP contribution is -1.89. The number of nitrogens with zero attached hydrogens (tertiary/aromatic N) is 1. The molecule has 0 unspecified atom stereocenters. The molecule has 2 aromatic rings. The second kappa shape index (κ2) is 4.06. The lowest BCUT2D eigenvalue weighted by molar-refractivity contribution is 0.410. The first-order valence-corrected chi connectivity index (χ1v) is 5.22. The van der Waals surface area contributed by atoms with Crippen molar-refractivity contribution in [2.45, 2.75) is 0 Å². The van der Waals surface area contributed by atoms with Gasteiger partial charge in [0.2, 0.25) is 0 Å². The Morgan fingerprint density at radius 3 is 2.53 bits per heavy atom. The van der Waals surface area contributed by atoms with Gasteiger partial charge in [-0.05, 0) is 34.1 Å². The van der Waals surface area contributed by atoms with Crippen LogP contribution in [0.4, 0.5) is 0 Å². The van der Waals surface area contributed by atoms with Crippen LogP contribution in [0.5, 0.6) is 11.5 Å². The van der Waals surface area contributed by atoms with E-state index in [4.69, 9.17) is 9.47 Å². The minimum atomic E-state index is 0.772. The second-order valence-electron chi connectivity index (χ2n) is 3.02. The van der Waals surface area contributed by atoms with E-state index in [9.17, 15) is 0 Å². The predicted molar refractivity (Wildman–Crippen MR) is 62.5 cm³/mol. The van der Waals surface area contributed by atoms with E-state index >= 15 is 0 Å². The Bertz CT molecular complexity index is 499. The first-order valence-electron chi connectivity index (χ1n) is 4.42. The lowest BCUT2D eigenvalue weighted by atomic mass is 10.2. The minimum Gasteiger partial charge on any atom is -0.496 e. The van der Waals surface area contributed by atoms with E-state index in [1.165, 1.54) is 0 Å². The number of benzene rings is 1. The highest BCUT2D eigenvalue weighted by Crippen LogP contribution is 2.33. The predicted octanol–water partition coefficient (Wildman–Crippen LogP) is 3.01. The van der Waals surface area contributed by atoms with Crippen LogP contribution in [-0.4, -0.2) is 19.2 Å². The monoisotopic (exact) mass is 267 g/mol. The van der Waals surface area contributed by atoms with Crippen molar-refractivity contribution in [3.05, 3.63) is 28.9 Å². The Balaban J connectivity index is 2.76. The van der Waals surface area contributed by atoms with Gasteiger partial charge < -0.3 is 9.47 Å². The topological polar surface area (TPSA) is 31.4 Å². The standard InChI is InChI=1S/C11H10BrNO2/c1-14-10-3-4-13-9-6-8(12)11(15-2)5-7(9)10/h3-6H,1-2H3. The maximum Gasteiger partial charge on any atom is 0.133 e. The molecule has 1 aromatic heterocycles. The van der Waals surface area contributed by atoms with Crippen molar-refractivity contribution in [3.63, 3.8) is 0 Å². The molecule has 0 atom stereocenters. The average Bonchev–Trinajstić information content (AvgIpc) is 2.27. The SMILES string of the molecule is COc1cc2c(OC)ccnc2cc1Br. The van der Waals surface area contributed by atoms with Crippen molar-refractivity contribution in [2.75, 3.05) is 14.2 Å². The molecule has 0 saturated heterocycles. The maximum atomic E-state index is 5.26. The summed E-state index contributed by atoms with van der Waals surface area (Å²) in [6, 6.07) is 5.65. The van der Waals surface area contributed by atoms with Crippen LogP contribution < -0.4 is 9.47 Å². The van der Waals surface area contributed by atoms with Crippen LogP contribution in [0.1, 0.15) is 0 Å². The van der Waals surface area contributed by atoms with E-state index in [0.717, 1.165) is 26.9 Å². The highest BCUT2D eigenvalue weighted by atomic mass is 79.9. The molecule has 4 heteroatoms. The number of rotatable bonds is 2. The van der Waals surface area contributed by atoms with Gasteiger partial charge in [-0.25, -0.2) is 0 Å². The first-order chi connectivity index (χ1) is 7.26. The fraction of sp³-hybridized carbons (Fsp3) is 0.182. The third-order valence-corrected chi connectivity index (χ3v) is 2.81. The molecule has 1 heterocycles. The molecular formula is C11H10BrNO2. The molecular weight excluding hydrogens is 258 g/mol. The van der Waals surface area contributed by atoms with Gasteiger partial charge in [0.05, 0.1) is 24.2 Å². The third kappa shape index (κ3) is 1.77. The van der Waals surface area contributed by atoms with E-state index in [2.05, 4.69) is 20.9 Å². The van der Waals surface area contributed by atoms with Gasteiger partial charge in [0.15, 0.2) is 0 Å². The lowest BCUT2D eigenvalue weighted by Gasteiger charge is -2.08. The van der Waals surface area contributed by atoms with Crippen LogP contribution in [0.2, 0.25) is 0 Å². The molecule has 3 nitrogen and oxygen atoms in total. The summed E-state index contributed by atoms with van der Waals surface area (Å²) in [4.78, 5) is 4.26. The van der Waals surface area contributed by atoms with E-state index < -0.39 is 0 Å². The van der Waals surface area contributed by atoms with Crippen molar-refractivity contribution in [2.24, 2.45) is 0 Å². The van der Waals surface area contributed by atoms with Crippen molar-refractivity contribution >= 4 is 26.8 Å². The molecule has 0 radical (unpaired) electrons. The van der Waals surface area contributed by atoms with Crippen LogP contribution >= 0.6 is 15.9 Å². The summed E-state index contributed by atoms with van der Waals surface area (Å²) >= 11 is 3.42. The van der Waals surface area contributed by atoms with Crippen LogP contribution in [0.15, 0.2) is 28.9 Å². The van der Waals surface area contributed by atoms with E-state index in [0.29, 0.717) is 0 Å². The second-order valence-corrected chi connectivity index (χ2v) is 3.87. The summed E-state index contributed by atoms with van der Waals surface area (Å²) in [6.07, 6.45) is 1.72. The maximum absolute atomic E-state index is 5.26. The Hall–Kier alpha value is -1.29. The number of hydrogen-bond donors (Lipinski definition) is 0. The van der Waals surface area contributed by atoms with Crippen LogP contribution in [0.3, 0.4) is 0 Å². The summed E-state index contributed by atoms with van der Waals surface area (Å²) < 4.78 is 11.4. The van der Waals surface area contributed by atoms with E-state index in [1.807, 2.05) is 18.2 Å². The molecule has 1 aromatic carbocycles. The molecule has 2 rings (SSSR count). The number of hydrogen-bond acceptors (Lipinski definition) is 3. The molecule has 0 amide bonds. The number of methoxy groups -OCH3 is 2. The Kier molecular flexibility index (Phi) is 2.77. The van der Waals surface area contributed by atoms with Gasteiger partial charge in [0.1, 0.15) is 11.5 Å². The third-order valence-electron chi connectivity index (χ3n) is 2.20. The van der Waals surface area contributed by atoms with Gasteiger partial charge in [0.25, 0.3) is 0 Å². The number of ether oxygens (including phenoxy) is 2. The average molecular weight is 268 g/mol. The molecule has 15 heavy (non-hydrogen) atoms. The zero-order valence-electron chi connectivity index (χ0n) is 8.45. The number of fused-ring (bicyclic) bond motifs is 1. The molecule has 78 valence electrons. The van der Waals surface area contributed by atoms with Gasteiger partial charge in [0, 0.05) is 11.6 Å². The molecule has 0 aliphatic rings. The van der Waals surface area contributed by atoms with Gasteiger partial charge in [-0.3, -0.25) is 4.98 Å². The van der Waals surface area contributed by atoms with Gasteiger partial charge >= 0.3 is 0 Å². The summed E-state index contributed by atoms with van der Waals surface area (Å²) in [5, 5.41) is 0.944. The van der Waals surface area contributed by atoms with Gasteiger partial charge in [-0.1, -0.05) is 0 Å². The summed E-state index contributed by atoms with van der Waals surface area (Å²) in [7, 11) is 3.28. The quantitative estimate of drug-likeness (QED) is 0.838. The molecule has 0 aliphatic heterocycles. The van der Waals surface area contributed by atoms with Gasteiger partial charge in [-0.2, -0.15) is 0 Å². The Morgan fingerprint density at radius 2 is 1.87 bits per heavy atom. The first kappa shape index (κ1) is 10.2. The molecule has 0 fully saturated rings. The molecule has 0 spiro atoms. The Morgan fingerprint density at radius 1 is 1.13 bits per heavy atom. The summed E-state index contributed by atoms with van der Waals surface area (Å²) in [5.41, 5.74) is 0.877. The molecule has 0 aliphatic carbocycles. The van der Waals surface area contributed by atoms with E-state index in [1.54, 1.807) is 20.4 Å². The van der Waals surface area contributed by atoms with Crippen molar-refractivity contribution < 1.29 is 9.47 Å². The largest absolute Gasteiger partial charge is 0.496 e. The van der Waals surface area contributed by atoms with Crippen LogP contribution in [0.25, 0.3) is 10.9 Å². The number of pyridine rings is 1. The Labute approximate surface area is 96.2 Å². The number of aromatic nitrogens is 1. The summed E-state index contributed by atoms with van der Waals surface area (Å²) in [6.45, 7) is 0. The smallest absolute Gasteiger partial charge is 0.133 e. The zero-order chi connectivity index (χ0) is 10.8. The normalized spacial score (nSPS) is 10.3. The minimum absolute atomic E-state index is 0.772. The molecule has 0 N–H and O–H groups in total. The highest BCUT2D eigenvalue weighted by Gasteiger charge is 2.07. The number of halogens is 1. The molecule has 0 bridgehead atoms. The fourth-order valence-corrected chi connectivity index (χ4v) is 1.95. The van der Waals surface area contributed by atoms with Crippen molar-refractivity contribution in [1.29, 1.82) is 0 Å². The van der Waals surface area contributed by atoms with Crippen molar-refractivity contribution in [3.8, 4) is 11.5 Å². The van der Waals surface area contributed by atoms with Gasteiger partial charge in [-0.15, -0.1) is 0 Å². The van der Waals surface area contributed by atoms with Crippen molar-refractivity contribution in [1.82, 2.24) is 4.98 Å².